The molecule has 5 heteroatoms. The number of benzene rings is 1. The van der Waals surface area contributed by atoms with Crippen molar-refractivity contribution in [2.75, 3.05) is 17.3 Å². The summed E-state index contributed by atoms with van der Waals surface area (Å²) in [6.07, 6.45) is 2.66. The molecule has 1 rings (SSSR count). The van der Waals surface area contributed by atoms with E-state index in [1.54, 1.807) is 36.0 Å². The number of hydrogen-bond acceptors (Lipinski definition) is 3. The highest BCUT2D eigenvalue weighted by molar-refractivity contribution is 7.98. The van der Waals surface area contributed by atoms with Crippen molar-refractivity contribution >= 4 is 35.0 Å². The van der Waals surface area contributed by atoms with Crippen molar-refractivity contribution in [3.05, 3.63) is 29.3 Å². The molecule has 3 nitrogen and oxygen atoms in total. The zero-order valence-corrected chi connectivity index (χ0v) is 10.6. The van der Waals surface area contributed by atoms with Crippen molar-refractivity contribution in [1.82, 2.24) is 0 Å². The van der Waals surface area contributed by atoms with Crippen LogP contribution in [0.5, 0.6) is 0 Å². The first-order valence-electron chi connectivity index (χ1n) is 4.94. The molecule has 1 atom stereocenters. The average Bonchev–Trinajstić information content (AvgIpc) is 2.25. The summed E-state index contributed by atoms with van der Waals surface area (Å²) >= 11 is 7.48. The van der Waals surface area contributed by atoms with Crippen LogP contribution < -0.4 is 11.1 Å². The third kappa shape index (κ3) is 4.43. The topological polar surface area (TPSA) is 55.1 Å². The minimum atomic E-state index is -0.466. The number of nitrogens with two attached hydrogens (primary N) is 1. The molecular formula is C11H15ClN2OS. The van der Waals surface area contributed by atoms with Crippen molar-refractivity contribution in [2.45, 2.75) is 12.5 Å². The average molecular weight is 259 g/mol. The van der Waals surface area contributed by atoms with Gasteiger partial charge in [-0.2, -0.15) is 11.8 Å². The van der Waals surface area contributed by atoms with Crippen molar-refractivity contribution in [1.29, 1.82) is 0 Å². The highest BCUT2D eigenvalue weighted by Gasteiger charge is 2.12. The Labute approximate surface area is 105 Å². The van der Waals surface area contributed by atoms with E-state index in [-0.39, 0.29) is 5.91 Å². The lowest BCUT2D eigenvalue weighted by molar-refractivity contribution is -0.117. The van der Waals surface area contributed by atoms with Gasteiger partial charge in [0.2, 0.25) is 5.91 Å². The maximum atomic E-state index is 11.6. The fraction of sp³-hybridized carbons (Fsp3) is 0.364. The van der Waals surface area contributed by atoms with Crippen LogP contribution in [0.4, 0.5) is 5.69 Å². The van der Waals surface area contributed by atoms with Gasteiger partial charge in [-0.25, -0.2) is 0 Å². The molecule has 0 bridgehead atoms. The molecule has 0 aliphatic rings. The van der Waals surface area contributed by atoms with Gasteiger partial charge in [-0.3, -0.25) is 4.79 Å². The van der Waals surface area contributed by atoms with Gasteiger partial charge in [0.15, 0.2) is 0 Å². The van der Waals surface area contributed by atoms with Crippen LogP contribution >= 0.6 is 23.4 Å². The minimum Gasteiger partial charge on any atom is -0.325 e. The van der Waals surface area contributed by atoms with E-state index in [0.717, 1.165) is 5.75 Å². The third-order valence-electron chi connectivity index (χ3n) is 2.06. The minimum absolute atomic E-state index is 0.170. The van der Waals surface area contributed by atoms with Crippen LogP contribution in [0.1, 0.15) is 6.42 Å². The Kier molecular flexibility index (Phi) is 5.66. The highest BCUT2D eigenvalue weighted by Crippen LogP contribution is 2.15. The molecule has 0 heterocycles. The molecule has 1 aromatic carbocycles. The molecule has 16 heavy (non-hydrogen) atoms. The van der Waals surface area contributed by atoms with Gasteiger partial charge in [0.1, 0.15) is 0 Å². The molecule has 0 aliphatic heterocycles. The van der Waals surface area contributed by atoms with Crippen LogP contribution in [-0.4, -0.2) is 24.0 Å². The summed E-state index contributed by atoms with van der Waals surface area (Å²) < 4.78 is 0. The number of carbonyl (C=O) groups is 1. The van der Waals surface area contributed by atoms with Crippen LogP contribution in [-0.2, 0) is 4.79 Å². The number of nitrogens with one attached hydrogen (secondary N) is 1. The Morgan fingerprint density at radius 1 is 1.62 bits per heavy atom. The largest absolute Gasteiger partial charge is 0.325 e. The summed E-state index contributed by atoms with van der Waals surface area (Å²) in [6.45, 7) is 0. The fourth-order valence-electron chi connectivity index (χ4n) is 1.18. The van der Waals surface area contributed by atoms with Gasteiger partial charge in [-0.1, -0.05) is 17.7 Å². The smallest absolute Gasteiger partial charge is 0.241 e. The number of thioether (sulfide) groups is 1. The molecule has 0 fully saturated rings. The number of amides is 1. The van der Waals surface area contributed by atoms with Crippen molar-refractivity contribution in [3.8, 4) is 0 Å². The maximum Gasteiger partial charge on any atom is 0.241 e. The van der Waals surface area contributed by atoms with Crippen LogP contribution in [0.15, 0.2) is 24.3 Å². The number of carbonyl (C=O) groups excluding carboxylic acids is 1. The lowest BCUT2D eigenvalue weighted by Crippen LogP contribution is -2.36. The number of halogens is 1. The first kappa shape index (κ1) is 13.4. The van der Waals surface area contributed by atoms with Gasteiger partial charge in [-0.15, -0.1) is 0 Å². The standard InChI is InChI=1S/C11H15ClN2OS/c1-16-6-5-10(13)11(15)14-9-4-2-3-8(12)7-9/h2-4,7,10H,5-6,13H2,1H3,(H,14,15)/t10-/m1/s1. The van der Waals surface area contributed by atoms with Crippen molar-refractivity contribution < 1.29 is 4.79 Å². The van der Waals surface area contributed by atoms with Gasteiger partial charge < -0.3 is 11.1 Å². The summed E-state index contributed by atoms with van der Waals surface area (Å²) in [6, 6.07) is 6.55. The second-order valence-electron chi connectivity index (χ2n) is 3.39. The second kappa shape index (κ2) is 6.78. The lowest BCUT2D eigenvalue weighted by Gasteiger charge is -2.11. The first-order valence-corrected chi connectivity index (χ1v) is 6.71. The molecule has 0 spiro atoms. The predicted octanol–water partition coefficient (Wildman–Crippen LogP) is 2.36. The molecular weight excluding hydrogens is 244 g/mol. The molecule has 0 radical (unpaired) electrons. The fourth-order valence-corrected chi connectivity index (χ4v) is 1.86. The van der Waals surface area contributed by atoms with E-state index in [1.807, 2.05) is 6.26 Å². The Morgan fingerprint density at radius 2 is 2.38 bits per heavy atom. The molecule has 0 aromatic heterocycles. The van der Waals surface area contributed by atoms with Gasteiger partial charge >= 0.3 is 0 Å². The number of rotatable bonds is 5. The van der Waals surface area contributed by atoms with Crippen molar-refractivity contribution in [3.63, 3.8) is 0 Å². The van der Waals surface area contributed by atoms with E-state index >= 15 is 0 Å². The molecule has 0 unspecified atom stereocenters. The lowest BCUT2D eigenvalue weighted by atomic mass is 10.2. The third-order valence-corrected chi connectivity index (χ3v) is 2.94. The zero-order valence-electron chi connectivity index (χ0n) is 9.07. The SMILES string of the molecule is CSCC[C@@H](N)C(=O)Nc1cccc(Cl)c1. The molecule has 1 amide bonds. The number of anilines is 1. The molecule has 1 aromatic rings. The summed E-state index contributed by atoms with van der Waals surface area (Å²) in [7, 11) is 0. The molecule has 0 aliphatic carbocycles. The van der Waals surface area contributed by atoms with Gasteiger partial charge in [-0.05, 0) is 36.6 Å². The van der Waals surface area contributed by atoms with E-state index in [9.17, 15) is 4.79 Å². The Bertz CT molecular complexity index is 360. The van der Waals surface area contributed by atoms with Crippen LogP contribution in [0.25, 0.3) is 0 Å². The summed E-state index contributed by atoms with van der Waals surface area (Å²) in [5.74, 6) is 0.709. The van der Waals surface area contributed by atoms with Gasteiger partial charge in [0, 0.05) is 10.7 Å². The highest BCUT2D eigenvalue weighted by atomic mass is 35.5. The van der Waals surface area contributed by atoms with E-state index in [2.05, 4.69) is 5.32 Å². The summed E-state index contributed by atoms with van der Waals surface area (Å²) in [5, 5.41) is 3.33. The normalized spacial score (nSPS) is 12.2. The molecule has 0 saturated heterocycles. The van der Waals surface area contributed by atoms with Gasteiger partial charge in [0.05, 0.1) is 6.04 Å². The first-order chi connectivity index (χ1) is 7.63. The van der Waals surface area contributed by atoms with E-state index in [0.29, 0.717) is 17.1 Å². The molecule has 0 saturated carbocycles. The quantitative estimate of drug-likeness (QED) is 0.853. The maximum absolute atomic E-state index is 11.6. The summed E-state index contributed by atoms with van der Waals surface area (Å²) in [5.41, 5.74) is 6.41. The zero-order chi connectivity index (χ0) is 12.0. The number of hydrogen-bond donors (Lipinski definition) is 2. The Balaban J connectivity index is 2.50. The van der Waals surface area contributed by atoms with Gasteiger partial charge in [0.25, 0.3) is 0 Å². The Morgan fingerprint density at radius 3 is 3.00 bits per heavy atom. The second-order valence-corrected chi connectivity index (χ2v) is 4.81. The van der Waals surface area contributed by atoms with E-state index in [4.69, 9.17) is 17.3 Å². The van der Waals surface area contributed by atoms with E-state index < -0.39 is 6.04 Å². The monoisotopic (exact) mass is 258 g/mol. The van der Waals surface area contributed by atoms with Crippen molar-refractivity contribution in [2.24, 2.45) is 5.73 Å². The Hall–Kier alpha value is -0.710. The van der Waals surface area contributed by atoms with Crippen LogP contribution in [0.2, 0.25) is 5.02 Å². The summed E-state index contributed by atoms with van der Waals surface area (Å²) in [4.78, 5) is 11.6. The van der Waals surface area contributed by atoms with Crippen LogP contribution in [0.3, 0.4) is 0 Å². The van der Waals surface area contributed by atoms with Crippen LogP contribution in [0, 0.1) is 0 Å². The van der Waals surface area contributed by atoms with E-state index in [1.165, 1.54) is 0 Å². The predicted molar refractivity (Wildman–Crippen MR) is 71.1 cm³/mol. The molecule has 3 N–H and O–H groups in total. The molecule has 88 valence electrons.